The summed E-state index contributed by atoms with van der Waals surface area (Å²) in [4.78, 5) is 34.0. The summed E-state index contributed by atoms with van der Waals surface area (Å²) in [6.07, 6.45) is 0. The molecule has 0 saturated heterocycles. The molecule has 0 radical (unpaired) electrons. The molecule has 0 aromatic heterocycles. The van der Waals surface area contributed by atoms with E-state index in [1.54, 1.807) is 25.1 Å². The predicted octanol–water partition coefficient (Wildman–Crippen LogP) is 0.104. The SMILES string of the molecule is CCNC(=O)CNC(=O)COc1cccc(C(=O)OC)c1. The fourth-order valence-electron chi connectivity index (χ4n) is 1.47. The first-order valence-electron chi connectivity index (χ1n) is 6.41. The fourth-order valence-corrected chi connectivity index (χ4v) is 1.47. The number of carbonyl (C=O) groups is 3. The van der Waals surface area contributed by atoms with Gasteiger partial charge < -0.3 is 20.1 Å². The van der Waals surface area contributed by atoms with Crippen LogP contribution in [0.2, 0.25) is 0 Å². The lowest BCUT2D eigenvalue weighted by Gasteiger charge is -2.08. The second kappa shape index (κ2) is 8.57. The van der Waals surface area contributed by atoms with Crippen molar-refractivity contribution in [1.82, 2.24) is 10.6 Å². The van der Waals surface area contributed by atoms with E-state index in [2.05, 4.69) is 15.4 Å². The Bertz CT molecular complexity index is 516. The van der Waals surface area contributed by atoms with E-state index in [0.29, 0.717) is 17.9 Å². The lowest BCUT2D eigenvalue weighted by Crippen LogP contribution is -2.38. The number of carbonyl (C=O) groups excluding carboxylic acids is 3. The Hall–Kier alpha value is -2.57. The van der Waals surface area contributed by atoms with E-state index in [1.165, 1.54) is 13.2 Å². The predicted molar refractivity (Wildman–Crippen MR) is 75.0 cm³/mol. The zero-order chi connectivity index (χ0) is 15.7. The summed E-state index contributed by atoms with van der Waals surface area (Å²) in [5, 5.41) is 4.97. The molecule has 7 nitrogen and oxygen atoms in total. The molecule has 1 rings (SSSR count). The lowest BCUT2D eigenvalue weighted by molar-refractivity contribution is -0.127. The van der Waals surface area contributed by atoms with Gasteiger partial charge in [0, 0.05) is 6.54 Å². The minimum Gasteiger partial charge on any atom is -0.484 e. The third-order valence-corrected chi connectivity index (χ3v) is 2.45. The van der Waals surface area contributed by atoms with Crippen molar-refractivity contribution in [3.8, 4) is 5.75 Å². The highest BCUT2D eigenvalue weighted by atomic mass is 16.5. The van der Waals surface area contributed by atoms with Gasteiger partial charge in [-0.05, 0) is 25.1 Å². The Kier molecular flexibility index (Phi) is 6.73. The van der Waals surface area contributed by atoms with Gasteiger partial charge in [0.15, 0.2) is 6.61 Å². The van der Waals surface area contributed by atoms with Crippen LogP contribution in [0.5, 0.6) is 5.75 Å². The van der Waals surface area contributed by atoms with Gasteiger partial charge in [-0.3, -0.25) is 9.59 Å². The molecule has 0 saturated carbocycles. The van der Waals surface area contributed by atoms with E-state index < -0.39 is 11.9 Å². The average molecular weight is 294 g/mol. The number of rotatable bonds is 7. The summed E-state index contributed by atoms with van der Waals surface area (Å²) in [5.74, 6) is -0.810. The molecule has 7 heteroatoms. The normalized spacial score (nSPS) is 9.62. The molecule has 1 aromatic rings. The maximum atomic E-state index is 11.5. The van der Waals surface area contributed by atoms with Crippen molar-refractivity contribution < 1.29 is 23.9 Å². The molecule has 0 atom stereocenters. The molecule has 0 unspecified atom stereocenters. The van der Waals surface area contributed by atoms with Crippen LogP contribution in [0.25, 0.3) is 0 Å². The third-order valence-electron chi connectivity index (χ3n) is 2.45. The van der Waals surface area contributed by atoms with Crippen LogP contribution in [-0.2, 0) is 14.3 Å². The highest BCUT2D eigenvalue weighted by Crippen LogP contribution is 2.13. The van der Waals surface area contributed by atoms with Crippen LogP contribution >= 0.6 is 0 Å². The summed E-state index contributed by atoms with van der Waals surface area (Å²) in [6.45, 7) is 1.95. The van der Waals surface area contributed by atoms with Gasteiger partial charge >= 0.3 is 5.97 Å². The number of hydrogen-bond acceptors (Lipinski definition) is 5. The monoisotopic (exact) mass is 294 g/mol. The first-order valence-corrected chi connectivity index (χ1v) is 6.41. The van der Waals surface area contributed by atoms with E-state index in [0.717, 1.165) is 0 Å². The molecule has 1 aromatic carbocycles. The summed E-state index contributed by atoms with van der Waals surface area (Å²) in [6, 6.07) is 6.29. The fraction of sp³-hybridized carbons (Fsp3) is 0.357. The van der Waals surface area contributed by atoms with Crippen LogP contribution in [0.15, 0.2) is 24.3 Å². The Balaban J connectivity index is 2.42. The van der Waals surface area contributed by atoms with Crippen LogP contribution in [0.3, 0.4) is 0 Å². The van der Waals surface area contributed by atoms with E-state index in [-0.39, 0.29) is 19.1 Å². The number of likely N-dealkylation sites (N-methyl/N-ethyl adjacent to an activating group) is 1. The number of esters is 1. The van der Waals surface area contributed by atoms with Crippen molar-refractivity contribution in [2.75, 3.05) is 26.8 Å². The Morgan fingerprint density at radius 3 is 2.57 bits per heavy atom. The Labute approximate surface area is 122 Å². The standard InChI is InChI=1S/C14H18N2O5/c1-3-15-12(17)8-16-13(18)9-21-11-6-4-5-10(7-11)14(19)20-2/h4-7H,3,8-9H2,1-2H3,(H,15,17)(H,16,18). The highest BCUT2D eigenvalue weighted by Gasteiger charge is 2.08. The van der Waals surface area contributed by atoms with E-state index in [4.69, 9.17) is 4.74 Å². The van der Waals surface area contributed by atoms with E-state index in [1.807, 2.05) is 0 Å². The van der Waals surface area contributed by atoms with Crippen molar-refractivity contribution in [3.05, 3.63) is 29.8 Å². The van der Waals surface area contributed by atoms with Crippen molar-refractivity contribution in [2.24, 2.45) is 0 Å². The van der Waals surface area contributed by atoms with E-state index in [9.17, 15) is 14.4 Å². The maximum absolute atomic E-state index is 11.5. The van der Waals surface area contributed by atoms with Crippen molar-refractivity contribution >= 4 is 17.8 Å². The first kappa shape index (κ1) is 16.5. The molecule has 0 heterocycles. The number of amides is 2. The molecule has 21 heavy (non-hydrogen) atoms. The van der Waals surface area contributed by atoms with E-state index >= 15 is 0 Å². The molecule has 0 aliphatic rings. The van der Waals surface area contributed by atoms with Crippen LogP contribution in [-0.4, -0.2) is 44.6 Å². The molecule has 0 aliphatic carbocycles. The highest BCUT2D eigenvalue weighted by molar-refractivity contribution is 5.89. The number of benzene rings is 1. The van der Waals surface area contributed by atoms with Gasteiger partial charge in [0.2, 0.25) is 5.91 Å². The third kappa shape index (κ3) is 5.94. The van der Waals surface area contributed by atoms with Crippen molar-refractivity contribution in [2.45, 2.75) is 6.92 Å². The van der Waals surface area contributed by atoms with Crippen molar-refractivity contribution in [3.63, 3.8) is 0 Å². The Morgan fingerprint density at radius 2 is 1.90 bits per heavy atom. The molecule has 2 amide bonds. The number of ether oxygens (including phenoxy) is 2. The quantitative estimate of drug-likeness (QED) is 0.696. The van der Waals surface area contributed by atoms with Gasteiger partial charge in [-0.2, -0.15) is 0 Å². The largest absolute Gasteiger partial charge is 0.484 e. The average Bonchev–Trinajstić information content (AvgIpc) is 2.50. The minimum atomic E-state index is -0.485. The minimum absolute atomic E-state index is 0.0990. The topological polar surface area (TPSA) is 93.7 Å². The summed E-state index contributed by atoms with van der Waals surface area (Å²) in [5.41, 5.74) is 0.331. The molecule has 0 aliphatic heterocycles. The zero-order valence-electron chi connectivity index (χ0n) is 12.0. The molecule has 0 spiro atoms. The molecule has 2 N–H and O–H groups in total. The Morgan fingerprint density at radius 1 is 1.14 bits per heavy atom. The summed E-state index contributed by atoms with van der Waals surface area (Å²) in [7, 11) is 1.28. The molecule has 0 fully saturated rings. The van der Waals surface area contributed by atoms with Gasteiger partial charge in [-0.1, -0.05) is 6.07 Å². The number of hydrogen-bond donors (Lipinski definition) is 2. The van der Waals surface area contributed by atoms with Crippen LogP contribution < -0.4 is 15.4 Å². The second-order valence-corrected chi connectivity index (χ2v) is 4.04. The molecule has 0 bridgehead atoms. The van der Waals surface area contributed by atoms with Gasteiger partial charge in [0.1, 0.15) is 5.75 Å². The summed E-state index contributed by atoms with van der Waals surface area (Å²) < 4.78 is 9.83. The summed E-state index contributed by atoms with van der Waals surface area (Å²) >= 11 is 0. The van der Waals surface area contributed by atoms with Gasteiger partial charge in [0.25, 0.3) is 5.91 Å². The maximum Gasteiger partial charge on any atom is 0.337 e. The first-order chi connectivity index (χ1) is 10.1. The van der Waals surface area contributed by atoms with Gasteiger partial charge in [-0.25, -0.2) is 4.79 Å². The molecular formula is C14H18N2O5. The van der Waals surface area contributed by atoms with Crippen LogP contribution in [0.1, 0.15) is 17.3 Å². The van der Waals surface area contributed by atoms with Crippen molar-refractivity contribution in [1.29, 1.82) is 0 Å². The lowest BCUT2D eigenvalue weighted by atomic mass is 10.2. The zero-order valence-corrected chi connectivity index (χ0v) is 12.0. The van der Waals surface area contributed by atoms with Crippen LogP contribution in [0, 0.1) is 0 Å². The van der Waals surface area contributed by atoms with Gasteiger partial charge in [-0.15, -0.1) is 0 Å². The number of nitrogens with one attached hydrogen (secondary N) is 2. The second-order valence-electron chi connectivity index (χ2n) is 4.04. The molecule has 114 valence electrons. The van der Waals surface area contributed by atoms with Gasteiger partial charge in [0.05, 0.1) is 19.2 Å². The molecular weight excluding hydrogens is 276 g/mol. The smallest absolute Gasteiger partial charge is 0.337 e. The van der Waals surface area contributed by atoms with Crippen LogP contribution in [0.4, 0.5) is 0 Å². The number of methoxy groups -OCH3 is 1.